The summed E-state index contributed by atoms with van der Waals surface area (Å²) in [5.41, 5.74) is 0.505. The molecule has 2 amide bonds. The van der Waals surface area contributed by atoms with E-state index in [1.807, 2.05) is 0 Å². The summed E-state index contributed by atoms with van der Waals surface area (Å²) in [6, 6.07) is 7.65. The molecule has 29 heavy (non-hydrogen) atoms. The Hall–Kier alpha value is -3.20. The van der Waals surface area contributed by atoms with Crippen LogP contribution in [0.5, 0.6) is 0 Å². The Labute approximate surface area is 172 Å². The molecule has 154 valence electrons. The second-order valence-electron chi connectivity index (χ2n) is 5.77. The first-order valence-corrected chi connectivity index (χ1v) is 9.93. The van der Waals surface area contributed by atoms with Gasteiger partial charge in [0.1, 0.15) is 0 Å². The van der Waals surface area contributed by atoms with Crippen LogP contribution in [-0.2, 0) is 14.3 Å². The molecule has 0 fully saturated rings. The molecule has 0 radical (unpaired) electrons. The molecule has 2 N–H and O–H groups in total. The first kappa shape index (κ1) is 22.1. The van der Waals surface area contributed by atoms with Crippen LogP contribution in [0.2, 0.25) is 0 Å². The van der Waals surface area contributed by atoms with E-state index >= 15 is 0 Å². The quantitative estimate of drug-likeness (QED) is 0.606. The van der Waals surface area contributed by atoms with Crippen molar-refractivity contribution in [1.29, 1.82) is 0 Å². The van der Waals surface area contributed by atoms with Gasteiger partial charge in [-0.2, -0.15) is 0 Å². The second-order valence-corrected chi connectivity index (χ2v) is 6.72. The zero-order valence-corrected chi connectivity index (χ0v) is 17.0. The van der Waals surface area contributed by atoms with Crippen molar-refractivity contribution in [1.82, 2.24) is 5.32 Å². The van der Waals surface area contributed by atoms with Gasteiger partial charge in [-0.25, -0.2) is 9.59 Å². The van der Waals surface area contributed by atoms with Gasteiger partial charge in [-0.3, -0.25) is 9.59 Å². The molecule has 9 heteroatoms. The van der Waals surface area contributed by atoms with E-state index in [0.717, 1.165) is 0 Å². The van der Waals surface area contributed by atoms with Crippen LogP contribution >= 0.6 is 11.3 Å². The molecule has 0 aliphatic rings. The SMILES string of the molecule is CCOC(=O)c1cc(NC(=O)CCNC(=O)c2cccs2)cc(C(=O)OCC)c1. The lowest BCUT2D eigenvalue weighted by molar-refractivity contribution is -0.116. The van der Waals surface area contributed by atoms with E-state index in [0.29, 0.717) is 4.88 Å². The highest BCUT2D eigenvalue weighted by Crippen LogP contribution is 2.18. The van der Waals surface area contributed by atoms with Gasteiger partial charge in [0, 0.05) is 18.7 Å². The van der Waals surface area contributed by atoms with Gasteiger partial charge in [0.15, 0.2) is 0 Å². The van der Waals surface area contributed by atoms with Crippen molar-refractivity contribution in [3.8, 4) is 0 Å². The standard InChI is InChI=1S/C20H22N2O6S/c1-3-27-19(25)13-10-14(20(26)28-4-2)12-15(11-13)22-17(23)7-8-21-18(24)16-6-5-9-29-16/h5-6,9-12H,3-4,7-8H2,1-2H3,(H,21,24)(H,22,23). The number of esters is 2. The summed E-state index contributed by atoms with van der Waals surface area (Å²) in [6.45, 7) is 3.83. The second kappa shape index (κ2) is 11.0. The highest BCUT2D eigenvalue weighted by Gasteiger charge is 2.16. The van der Waals surface area contributed by atoms with E-state index in [1.54, 1.807) is 31.4 Å². The number of carbonyl (C=O) groups excluding carboxylic acids is 4. The maximum atomic E-state index is 12.2. The Bertz CT molecular complexity index is 843. The number of nitrogens with one attached hydrogen (secondary N) is 2. The molecule has 0 saturated carbocycles. The van der Waals surface area contributed by atoms with Gasteiger partial charge in [0.2, 0.25) is 5.91 Å². The van der Waals surface area contributed by atoms with Crippen LogP contribution in [0.4, 0.5) is 5.69 Å². The number of hydrogen-bond acceptors (Lipinski definition) is 7. The monoisotopic (exact) mass is 418 g/mol. The van der Waals surface area contributed by atoms with Crippen LogP contribution in [0.25, 0.3) is 0 Å². The van der Waals surface area contributed by atoms with Crippen molar-refractivity contribution in [2.45, 2.75) is 20.3 Å². The maximum Gasteiger partial charge on any atom is 0.338 e. The van der Waals surface area contributed by atoms with Gasteiger partial charge in [-0.15, -0.1) is 11.3 Å². The lowest BCUT2D eigenvalue weighted by atomic mass is 10.1. The Kier molecular flexibility index (Phi) is 8.35. The molecule has 0 unspecified atom stereocenters. The average molecular weight is 418 g/mol. The topological polar surface area (TPSA) is 111 Å². The molecule has 2 aromatic rings. The minimum Gasteiger partial charge on any atom is -0.462 e. The number of rotatable bonds is 9. The van der Waals surface area contributed by atoms with Crippen LogP contribution in [0.15, 0.2) is 35.7 Å². The molecule has 1 heterocycles. The molecule has 0 bridgehead atoms. The first-order chi connectivity index (χ1) is 13.9. The highest BCUT2D eigenvalue weighted by molar-refractivity contribution is 7.12. The summed E-state index contributed by atoms with van der Waals surface area (Å²) in [5, 5.41) is 7.07. The summed E-state index contributed by atoms with van der Waals surface area (Å²) in [6.07, 6.45) is 0.0233. The number of amides is 2. The van der Waals surface area contributed by atoms with Crippen LogP contribution in [-0.4, -0.2) is 43.5 Å². The lowest BCUT2D eigenvalue weighted by Gasteiger charge is -2.11. The molecule has 1 aromatic carbocycles. The predicted molar refractivity (Wildman–Crippen MR) is 108 cm³/mol. The maximum absolute atomic E-state index is 12.2. The van der Waals surface area contributed by atoms with E-state index in [9.17, 15) is 19.2 Å². The first-order valence-electron chi connectivity index (χ1n) is 9.05. The summed E-state index contributed by atoms with van der Waals surface area (Å²) in [4.78, 5) is 48.7. The van der Waals surface area contributed by atoms with Crippen molar-refractivity contribution < 1.29 is 28.7 Å². The zero-order valence-electron chi connectivity index (χ0n) is 16.2. The highest BCUT2D eigenvalue weighted by atomic mass is 32.1. The molecule has 0 aliphatic heterocycles. The number of hydrogen-bond donors (Lipinski definition) is 2. The van der Waals surface area contributed by atoms with Crippen molar-refractivity contribution >= 4 is 40.8 Å². The minimum absolute atomic E-state index is 0.0233. The summed E-state index contributed by atoms with van der Waals surface area (Å²) < 4.78 is 9.92. The number of thiophene rings is 1. The normalized spacial score (nSPS) is 10.1. The third-order valence-electron chi connectivity index (χ3n) is 3.62. The molecule has 1 aromatic heterocycles. The fourth-order valence-electron chi connectivity index (χ4n) is 2.37. The van der Waals surface area contributed by atoms with E-state index < -0.39 is 11.9 Å². The molecule has 0 atom stereocenters. The van der Waals surface area contributed by atoms with Crippen molar-refractivity contribution in [2.75, 3.05) is 25.1 Å². The van der Waals surface area contributed by atoms with Gasteiger partial charge < -0.3 is 20.1 Å². The van der Waals surface area contributed by atoms with Gasteiger partial charge in [0.25, 0.3) is 5.91 Å². The molecule has 2 rings (SSSR count). The zero-order chi connectivity index (χ0) is 21.2. The van der Waals surface area contributed by atoms with E-state index in [4.69, 9.17) is 9.47 Å². The summed E-state index contributed by atoms with van der Waals surface area (Å²) in [7, 11) is 0. The van der Waals surface area contributed by atoms with Gasteiger partial charge in [-0.05, 0) is 43.5 Å². The molecule has 0 aliphatic carbocycles. The summed E-state index contributed by atoms with van der Waals surface area (Å²) in [5.74, 6) is -1.86. The smallest absolute Gasteiger partial charge is 0.338 e. The Morgan fingerprint density at radius 2 is 1.59 bits per heavy atom. The fraction of sp³-hybridized carbons (Fsp3) is 0.300. The number of ether oxygens (including phenoxy) is 2. The third-order valence-corrected chi connectivity index (χ3v) is 4.49. The van der Waals surface area contributed by atoms with Crippen LogP contribution in [0, 0.1) is 0 Å². The fourth-order valence-corrected chi connectivity index (χ4v) is 3.01. The largest absolute Gasteiger partial charge is 0.462 e. The Morgan fingerprint density at radius 3 is 2.10 bits per heavy atom. The van der Waals surface area contributed by atoms with Crippen molar-refractivity contribution in [3.05, 3.63) is 51.7 Å². The van der Waals surface area contributed by atoms with Crippen LogP contribution < -0.4 is 10.6 Å². The molecule has 0 spiro atoms. The molecular formula is C20H22N2O6S. The van der Waals surface area contributed by atoms with Gasteiger partial charge in [-0.1, -0.05) is 6.07 Å². The number of anilines is 1. The Morgan fingerprint density at radius 1 is 0.966 bits per heavy atom. The molecular weight excluding hydrogens is 396 g/mol. The van der Waals surface area contributed by atoms with Gasteiger partial charge in [0.05, 0.1) is 29.2 Å². The minimum atomic E-state index is -0.614. The number of benzene rings is 1. The third kappa shape index (κ3) is 6.72. The lowest BCUT2D eigenvalue weighted by Crippen LogP contribution is -2.27. The Balaban J connectivity index is 2.03. The van der Waals surface area contributed by atoms with Crippen LogP contribution in [0.3, 0.4) is 0 Å². The van der Waals surface area contributed by atoms with Crippen molar-refractivity contribution in [2.24, 2.45) is 0 Å². The van der Waals surface area contributed by atoms with Crippen LogP contribution in [0.1, 0.15) is 50.7 Å². The molecule has 0 saturated heterocycles. The summed E-state index contributed by atoms with van der Waals surface area (Å²) >= 11 is 1.31. The van der Waals surface area contributed by atoms with Crippen molar-refractivity contribution in [3.63, 3.8) is 0 Å². The molecule has 8 nitrogen and oxygen atoms in total. The van der Waals surface area contributed by atoms with Gasteiger partial charge >= 0.3 is 11.9 Å². The number of carbonyl (C=O) groups is 4. The predicted octanol–water partition coefficient (Wildman–Crippen LogP) is 2.86. The van der Waals surface area contributed by atoms with E-state index in [-0.39, 0.29) is 54.8 Å². The van der Waals surface area contributed by atoms with E-state index in [1.165, 1.54) is 29.5 Å². The van der Waals surface area contributed by atoms with E-state index in [2.05, 4.69) is 10.6 Å². The average Bonchev–Trinajstić information content (AvgIpc) is 3.23.